The fourth-order valence-corrected chi connectivity index (χ4v) is 3.23. The molecule has 0 bridgehead atoms. The summed E-state index contributed by atoms with van der Waals surface area (Å²) in [6.45, 7) is 9.72. The second-order valence-corrected chi connectivity index (χ2v) is 6.44. The molecule has 4 nitrogen and oxygen atoms in total. The first-order valence-corrected chi connectivity index (χ1v) is 8.76. The van der Waals surface area contributed by atoms with Gasteiger partial charge in [0.1, 0.15) is 25.7 Å². The van der Waals surface area contributed by atoms with Crippen LogP contribution < -0.4 is 10.2 Å². The van der Waals surface area contributed by atoms with E-state index < -0.39 is 0 Å². The molecule has 0 amide bonds. The molecular formula is C19H29N3O+2. The highest BCUT2D eigenvalue weighted by Crippen LogP contribution is 2.07. The van der Waals surface area contributed by atoms with Gasteiger partial charge in [-0.25, -0.2) is 0 Å². The summed E-state index contributed by atoms with van der Waals surface area (Å²) in [6.07, 6.45) is 2.22. The fourth-order valence-electron chi connectivity index (χ4n) is 3.23. The number of rotatable bonds is 7. The molecule has 1 atom stereocenters. The molecule has 1 fully saturated rings. The van der Waals surface area contributed by atoms with E-state index in [1.54, 1.807) is 4.90 Å². The zero-order chi connectivity index (χ0) is 15.9. The summed E-state index contributed by atoms with van der Waals surface area (Å²) < 4.78 is 7.85. The van der Waals surface area contributed by atoms with Gasteiger partial charge in [0.25, 0.3) is 0 Å². The monoisotopic (exact) mass is 315 g/mol. The van der Waals surface area contributed by atoms with Crippen molar-refractivity contribution in [3.05, 3.63) is 59.9 Å². The maximum atomic E-state index is 5.43. The van der Waals surface area contributed by atoms with Crippen LogP contribution in [-0.2, 0) is 17.8 Å². The van der Waals surface area contributed by atoms with E-state index in [0.717, 1.165) is 39.4 Å². The third-order valence-electron chi connectivity index (χ3n) is 4.84. The van der Waals surface area contributed by atoms with Gasteiger partial charge in [-0.1, -0.05) is 30.3 Å². The molecule has 0 spiro atoms. The Morgan fingerprint density at radius 1 is 1.13 bits per heavy atom. The maximum absolute atomic E-state index is 5.43. The van der Waals surface area contributed by atoms with Gasteiger partial charge in [-0.05, 0) is 19.1 Å². The van der Waals surface area contributed by atoms with Crippen molar-refractivity contribution in [1.82, 2.24) is 4.57 Å². The van der Waals surface area contributed by atoms with E-state index >= 15 is 0 Å². The largest absolute Gasteiger partial charge is 0.370 e. The van der Waals surface area contributed by atoms with Crippen LogP contribution in [0.2, 0.25) is 0 Å². The van der Waals surface area contributed by atoms with E-state index in [1.165, 1.54) is 17.8 Å². The van der Waals surface area contributed by atoms with Crippen LogP contribution in [0.5, 0.6) is 0 Å². The van der Waals surface area contributed by atoms with Gasteiger partial charge in [0.15, 0.2) is 0 Å². The smallest absolute Gasteiger partial charge is 0.117 e. The molecule has 1 aliphatic heterocycles. The molecule has 0 unspecified atom stereocenters. The predicted octanol–water partition coefficient (Wildman–Crippen LogP) is 0.228. The summed E-state index contributed by atoms with van der Waals surface area (Å²) in [5.41, 5.74) is 2.81. The summed E-state index contributed by atoms with van der Waals surface area (Å²) in [7, 11) is 0. The highest BCUT2D eigenvalue weighted by Gasteiger charge is 2.14. The average Bonchev–Trinajstić information content (AvgIpc) is 3.07. The van der Waals surface area contributed by atoms with Crippen LogP contribution in [0.3, 0.4) is 0 Å². The molecule has 1 saturated heterocycles. The van der Waals surface area contributed by atoms with Crippen molar-refractivity contribution in [3.63, 3.8) is 0 Å². The minimum atomic E-state index is 0.490. The molecule has 124 valence electrons. The molecule has 3 rings (SSSR count). The molecule has 23 heavy (non-hydrogen) atoms. The molecule has 0 aliphatic carbocycles. The Balaban J connectivity index is 1.50. The van der Waals surface area contributed by atoms with Gasteiger partial charge in [-0.15, -0.1) is 0 Å². The van der Waals surface area contributed by atoms with E-state index in [-0.39, 0.29) is 0 Å². The second-order valence-electron chi connectivity index (χ2n) is 6.44. The molecule has 2 aromatic rings. The van der Waals surface area contributed by atoms with E-state index in [2.05, 4.69) is 65.5 Å². The molecule has 1 aromatic heterocycles. The SMILES string of the molecule is C[C@@H]([NH2+]Cc1cccn1CC[NH+]1CCOCC1)c1ccccc1. The van der Waals surface area contributed by atoms with Crippen LogP contribution in [0.15, 0.2) is 48.7 Å². The standard InChI is InChI=1S/C19H27N3O/c1-17(18-6-3-2-4-7-18)20-16-19-8-5-9-22(19)11-10-21-12-14-23-15-13-21/h2-9,17,20H,10-16H2,1H3/p+2/t17-/m1/s1. The number of nitrogens with zero attached hydrogens (tertiary/aromatic N) is 1. The number of ether oxygens (including phenoxy) is 1. The van der Waals surface area contributed by atoms with Gasteiger partial charge in [-0.2, -0.15) is 0 Å². The number of quaternary nitrogens is 2. The number of benzene rings is 1. The van der Waals surface area contributed by atoms with Crippen LogP contribution in [0.25, 0.3) is 0 Å². The zero-order valence-electron chi connectivity index (χ0n) is 14.1. The van der Waals surface area contributed by atoms with Crippen molar-refractivity contribution in [2.45, 2.75) is 26.1 Å². The Morgan fingerprint density at radius 3 is 2.70 bits per heavy atom. The Hall–Kier alpha value is -1.62. The summed E-state index contributed by atoms with van der Waals surface area (Å²) in [5, 5.41) is 2.42. The van der Waals surface area contributed by atoms with Crippen molar-refractivity contribution in [1.29, 1.82) is 0 Å². The fraction of sp³-hybridized carbons (Fsp3) is 0.474. The lowest BCUT2D eigenvalue weighted by molar-refractivity contribution is -0.908. The highest BCUT2D eigenvalue weighted by molar-refractivity contribution is 5.16. The average molecular weight is 315 g/mol. The van der Waals surface area contributed by atoms with Crippen LogP contribution >= 0.6 is 0 Å². The number of hydrogen-bond donors (Lipinski definition) is 2. The van der Waals surface area contributed by atoms with Gasteiger partial charge < -0.3 is 19.5 Å². The molecule has 0 saturated carbocycles. The number of aromatic nitrogens is 1. The Bertz CT molecular complexity index is 575. The van der Waals surface area contributed by atoms with Gasteiger partial charge in [0.05, 0.1) is 32.0 Å². The van der Waals surface area contributed by atoms with Crippen molar-refractivity contribution >= 4 is 0 Å². The summed E-state index contributed by atoms with van der Waals surface area (Å²) in [5.74, 6) is 0. The normalized spacial score (nSPS) is 17.3. The zero-order valence-corrected chi connectivity index (χ0v) is 14.1. The van der Waals surface area contributed by atoms with E-state index in [9.17, 15) is 0 Å². The number of morpholine rings is 1. The van der Waals surface area contributed by atoms with Gasteiger partial charge in [0.2, 0.25) is 0 Å². The second kappa shape index (κ2) is 8.29. The highest BCUT2D eigenvalue weighted by atomic mass is 16.5. The molecule has 0 radical (unpaired) electrons. The first-order chi connectivity index (χ1) is 11.3. The lowest BCUT2D eigenvalue weighted by atomic mass is 10.1. The molecule has 4 heteroatoms. The summed E-state index contributed by atoms with van der Waals surface area (Å²) >= 11 is 0. The third kappa shape index (κ3) is 4.67. The summed E-state index contributed by atoms with van der Waals surface area (Å²) in [4.78, 5) is 1.66. The van der Waals surface area contributed by atoms with Crippen molar-refractivity contribution in [2.24, 2.45) is 0 Å². The van der Waals surface area contributed by atoms with Crippen molar-refractivity contribution in [3.8, 4) is 0 Å². The topological polar surface area (TPSA) is 35.2 Å². The predicted molar refractivity (Wildman–Crippen MR) is 91.3 cm³/mol. The maximum Gasteiger partial charge on any atom is 0.117 e. The number of nitrogens with two attached hydrogens (primary N) is 1. The minimum absolute atomic E-state index is 0.490. The van der Waals surface area contributed by atoms with Gasteiger partial charge in [0, 0.05) is 11.8 Å². The minimum Gasteiger partial charge on any atom is -0.370 e. The Kier molecular flexibility index (Phi) is 5.86. The van der Waals surface area contributed by atoms with E-state index in [1.807, 2.05) is 0 Å². The van der Waals surface area contributed by atoms with Gasteiger partial charge >= 0.3 is 0 Å². The molecule has 1 aromatic carbocycles. The van der Waals surface area contributed by atoms with Crippen molar-refractivity contribution in [2.75, 3.05) is 32.8 Å². The Labute approximate surface area is 139 Å². The van der Waals surface area contributed by atoms with Crippen LogP contribution in [-0.4, -0.2) is 37.4 Å². The number of hydrogen-bond acceptors (Lipinski definition) is 1. The third-order valence-corrected chi connectivity index (χ3v) is 4.84. The van der Waals surface area contributed by atoms with Crippen LogP contribution in [0, 0.1) is 0 Å². The molecular weight excluding hydrogens is 286 g/mol. The van der Waals surface area contributed by atoms with Gasteiger partial charge in [-0.3, -0.25) is 0 Å². The molecule has 3 N–H and O–H groups in total. The first-order valence-electron chi connectivity index (χ1n) is 8.76. The first kappa shape index (κ1) is 16.2. The summed E-state index contributed by atoms with van der Waals surface area (Å²) in [6, 6.07) is 15.7. The quantitative estimate of drug-likeness (QED) is 0.754. The molecule has 1 aliphatic rings. The lowest BCUT2D eigenvalue weighted by Gasteiger charge is -2.24. The lowest BCUT2D eigenvalue weighted by Crippen LogP contribution is -3.14. The van der Waals surface area contributed by atoms with Crippen LogP contribution in [0.1, 0.15) is 24.2 Å². The number of nitrogens with one attached hydrogen (secondary N) is 1. The van der Waals surface area contributed by atoms with Crippen molar-refractivity contribution < 1.29 is 15.0 Å². The van der Waals surface area contributed by atoms with Crippen LogP contribution in [0.4, 0.5) is 0 Å². The molecule has 2 heterocycles. The van der Waals surface area contributed by atoms with E-state index in [0.29, 0.717) is 6.04 Å². The van der Waals surface area contributed by atoms with E-state index in [4.69, 9.17) is 4.74 Å². The Morgan fingerprint density at radius 2 is 1.91 bits per heavy atom.